The van der Waals surface area contributed by atoms with Crippen molar-refractivity contribution in [3.05, 3.63) is 50.1 Å². The van der Waals surface area contributed by atoms with Crippen molar-refractivity contribution in [2.24, 2.45) is 0 Å². The summed E-state index contributed by atoms with van der Waals surface area (Å²) in [6.45, 7) is 2.41. The van der Waals surface area contributed by atoms with Crippen LogP contribution in [0.4, 0.5) is 4.39 Å². The summed E-state index contributed by atoms with van der Waals surface area (Å²) in [6, 6.07) is 4.40. The summed E-state index contributed by atoms with van der Waals surface area (Å²) in [5.41, 5.74) is 1.29. The van der Waals surface area contributed by atoms with Gasteiger partial charge in [0.15, 0.2) is 0 Å². The van der Waals surface area contributed by atoms with E-state index < -0.39 is 5.82 Å². The van der Waals surface area contributed by atoms with Gasteiger partial charge in [0.25, 0.3) is 5.91 Å². The Morgan fingerprint density at radius 1 is 1.53 bits per heavy atom. The predicted octanol–water partition coefficient (Wildman–Crippen LogP) is 3.33. The minimum absolute atomic E-state index is 0.192. The van der Waals surface area contributed by atoms with E-state index in [4.69, 9.17) is 0 Å². The van der Waals surface area contributed by atoms with E-state index in [2.05, 4.69) is 26.2 Å². The molecule has 1 N–H and O–H groups in total. The first-order chi connectivity index (χ1) is 9.08. The third-order valence-electron chi connectivity index (χ3n) is 2.49. The van der Waals surface area contributed by atoms with Gasteiger partial charge in [0.05, 0.1) is 15.0 Å². The van der Waals surface area contributed by atoms with Crippen molar-refractivity contribution in [2.45, 2.75) is 13.3 Å². The van der Waals surface area contributed by atoms with Crippen LogP contribution in [0.1, 0.15) is 21.1 Å². The monoisotopic (exact) mass is 342 g/mol. The number of nitrogens with one attached hydrogen (secondary N) is 1. The van der Waals surface area contributed by atoms with Crippen molar-refractivity contribution in [1.82, 2.24) is 10.3 Å². The number of carbonyl (C=O) groups excluding carboxylic acids is 1. The molecule has 0 spiro atoms. The minimum atomic E-state index is -0.441. The summed E-state index contributed by atoms with van der Waals surface area (Å²) in [4.78, 5) is 16.2. The van der Waals surface area contributed by atoms with E-state index in [0.717, 1.165) is 10.7 Å². The molecule has 0 bridgehead atoms. The molecule has 0 atom stereocenters. The van der Waals surface area contributed by atoms with Gasteiger partial charge in [0.1, 0.15) is 5.82 Å². The van der Waals surface area contributed by atoms with Crippen molar-refractivity contribution >= 4 is 33.2 Å². The Kier molecular flexibility index (Phi) is 4.66. The average Bonchev–Trinajstić information content (AvgIpc) is 2.78. The second kappa shape index (κ2) is 6.25. The van der Waals surface area contributed by atoms with Crippen LogP contribution in [-0.2, 0) is 6.42 Å². The van der Waals surface area contributed by atoms with Crippen molar-refractivity contribution < 1.29 is 9.18 Å². The number of hydrogen-bond donors (Lipinski definition) is 1. The van der Waals surface area contributed by atoms with Gasteiger partial charge in [-0.05, 0) is 35.0 Å². The van der Waals surface area contributed by atoms with Crippen LogP contribution in [0.25, 0.3) is 0 Å². The van der Waals surface area contributed by atoms with Gasteiger partial charge in [0, 0.05) is 24.0 Å². The summed E-state index contributed by atoms with van der Waals surface area (Å²) in [6.07, 6.45) is 0.678. The molecule has 6 heteroatoms. The van der Waals surface area contributed by atoms with Gasteiger partial charge in [-0.15, -0.1) is 11.3 Å². The molecule has 1 aromatic heterocycles. The Balaban J connectivity index is 1.93. The van der Waals surface area contributed by atoms with E-state index in [1.807, 2.05) is 12.3 Å². The molecule has 1 heterocycles. The highest BCUT2D eigenvalue weighted by Gasteiger charge is 2.12. The lowest BCUT2D eigenvalue weighted by atomic mass is 10.2. The van der Waals surface area contributed by atoms with E-state index >= 15 is 0 Å². The highest BCUT2D eigenvalue weighted by Crippen LogP contribution is 2.20. The average molecular weight is 343 g/mol. The van der Waals surface area contributed by atoms with Crippen molar-refractivity contribution in [2.75, 3.05) is 6.54 Å². The number of hydrogen-bond acceptors (Lipinski definition) is 3. The SMILES string of the molecule is Cc1csc(CCNC(=O)c2cccc(F)c2Br)n1. The number of benzene rings is 1. The van der Waals surface area contributed by atoms with E-state index in [9.17, 15) is 9.18 Å². The van der Waals surface area contributed by atoms with Gasteiger partial charge in [-0.1, -0.05) is 6.07 Å². The molecule has 0 aliphatic heterocycles. The fourth-order valence-corrected chi connectivity index (χ4v) is 2.80. The molecular formula is C13H12BrFN2OS. The maximum Gasteiger partial charge on any atom is 0.252 e. The Morgan fingerprint density at radius 3 is 3.00 bits per heavy atom. The van der Waals surface area contributed by atoms with Gasteiger partial charge in [0.2, 0.25) is 0 Å². The quantitative estimate of drug-likeness (QED) is 0.925. The first kappa shape index (κ1) is 14.1. The third-order valence-corrected chi connectivity index (χ3v) is 4.32. The number of nitrogens with zero attached hydrogens (tertiary/aromatic N) is 1. The first-order valence-corrected chi connectivity index (χ1v) is 7.38. The van der Waals surface area contributed by atoms with Crippen LogP contribution in [0, 0.1) is 12.7 Å². The van der Waals surface area contributed by atoms with Crippen molar-refractivity contribution in [1.29, 1.82) is 0 Å². The fourth-order valence-electron chi connectivity index (χ4n) is 1.57. The third kappa shape index (κ3) is 3.61. The van der Waals surface area contributed by atoms with Crippen LogP contribution in [0.3, 0.4) is 0 Å². The smallest absolute Gasteiger partial charge is 0.252 e. The fraction of sp³-hybridized carbons (Fsp3) is 0.231. The summed E-state index contributed by atoms with van der Waals surface area (Å²) >= 11 is 4.65. The number of thiazole rings is 1. The topological polar surface area (TPSA) is 42.0 Å². The van der Waals surface area contributed by atoms with Crippen LogP contribution >= 0.6 is 27.3 Å². The maximum absolute atomic E-state index is 13.3. The predicted molar refractivity (Wildman–Crippen MR) is 77.0 cm³/mol. The van der Waals surface area contributed by atoms with Gasteiger partial charge < -0.3 is 5.32 Å². The van der Waals surface area contributed by atoms with E-state index in [-0.39, 0.29) is 10.4 Å². The molecule has 1 aromatic carbocycles. The molecule has 19 heavy (non-hydrogen) atoms. The summed E-state index contributed by atoms with van der Waals surface area (Å²) < 4.78 is 13.5. The molecular weight excluding hydrogens is 331 g/mol. The lowest BCUT2D eigenvalue weighted by Crippen LogP contribution is -2.26. The molecule has 3 nitrogen and oxygen atoms in total. The molecule has 2 aromatic rings. The summed E-state index contributed by atoms with van der Waals surface area (Å²) in [5.74, 6) is -0.733. The Morgan fingerprint density at radius 2 is 2.32 bits per heavy atom. The molecule has 0 saturated heterocycles. The zero-order valence-electron chi connectivity index (χ0n) is 10.2. The standard InChI is InChI=1S/C13H12BrFN2OS/c1-8-7-19-11(17-8)5-6-16-13(18)9-3-2-4-10(15)12(9)14/h2-4,7H,5-6H2,1H3,(H,16,18). The number of aromatic nitrogens is 1. The number of rotatable bonds is 4. The van der Waals surface area contributed by atoms with Gasteiger partial charge in [-0.25, -0.2) is 9.37 Å². The van der Waals surface area contributed by atoms with Gasteiger partial charge in [-0.2, -0.15) is 0 Å². The molecule has 0 aliphatic carbocycles. The van der Waals surface area contributed by atoms with Crippen molar-refractivity contribution in [3.63, 3.8) is 0 Å². The molecule has 2 rings (SSSR count). The van der Waals surface area contributed by atoms with Crippen molar-refractivity contribution in [3.8, 4) is 0 Å². The maximum atomic E-state index is 13.3. The highest BCUT2D eigenvalue weighted by atomic mass is 79.9. The number of carbonyl (C=O) groups is 1. The van der Waals surface area contributed by atoms with Crippen LogP contribution in [-0.4, -0.2) is 17.4 Å². The van der Waals surface area contributed by atoms with Gasteiger partial charge in [-0.3, -0.25) is 4.79 Å². The second-order valence-corrected chi connectivity index (χ2v) is 5.73. The Bertz CT molecular complexity index is 600. The molecule has 100 valence electrons. The van der Waals surface area contributed by atoms with Crippen LogP contribution in [0.15, 0.2) is 28.1 Å². The van der Waals surface area contributed by atoms with Gasteiger partial charge >= 0.3 is 0 Å². The molecule has 1 amide bonds. The zero-order chi connectivity index (χ0) is 13.8. The largest absolute Gasteiger partial charge is 0.352 e. The lowest BCUT2D eigenvalue weighted by Gasteiger charge is -2.06. The Hall–Kier alpha value is -1.27. The van der Waals surface area contributed by atoms with E-state index in [1.54, 1.807) is 17.4 Å². The van der Waals surface area contributed by atoms with Crippen LogP contribution < -0.4 is 5.32 Å². The lowest BCUT2D eigenvalue weighted by molar-refractivity contribution is 0.0953. The van der Waals surface area contributed by atoms with Crippen LogP contribution in [0.5, 0.6) is 0 Å². The molecule has 0 aliphatic rings. The Labute approximate surface area is 123 Å². The second-order valence-electron chi connectivity index (χ2n) is 3.99. The number of aryl methyl sites for hydroxylation is 1. The highest BCUT2D eigenvalue weighted by molar-refractivity contribution is 9.10. The molecule has 0 radical (unpaired) electrons. The summed E-state index contributed by atoms with van der Waals surface area (Å²) in [5, 5.41) is 5.71. The van der Waals surface area contributed by atoms with E-state index in [0.29, 0.717) is 18.5 Å². The molecule has 0 fully saturated rings. The summed E-state index contributed by atoms with van der Waals surface area (Å²) in [7, 11) is 0. The first-order valence-electron chi connectivity index (χ1n) is 5.71. The molecule has 0 saturated carbocycles. The number of amides is 1. The van der Waals surface area contributed by atoms with E-state index in [1.165, 1.54) is 12.1 Å². The van der Waals surface area contributed by atoms with Crippen LogP contribution in [0.2, 0.25) is 0 Å². The number of halogens is 2. The minimum Gasteiger partial charge on any atom is -0.352 e. The normalized spacial score (nSPS) is 10.5. The zero-order valence-corrected chi connectivity index (χ0v) is 12.6. The molecule has 0 unspecified atom stereocenters.